The van der Waals surface area contributed by atoms with Gasteiger partial charge in [-0.3, -0.25) is 5.10 Å². The SMILES string of the molecule is Cc1nc(NCc2ncn[nH]2)ccc1N. The van der Waals surface area contributed by atoms with Crippen molar-refractivity contribution in [2.24, 2.45) is 0 Å². The summed E-state index contributed by atoms with van der Waals surface area (Å²) in [4.78, 5) is 8.26. The molecule has 0 saturated carbocycles. The van der Waals surface area contributed by atoms with Crippen LogP contribution < -0.4 is 11.1 Å². The monoisotopic (exact) mass is 204 g/mol. The molecule has 15 heavy (non-hydrogen) atoms. The number of nitrogens with one attached hydrogen (secondary N) is 2. The van der Waals surface area contributed by atoms with Crippen LogP contribution in [0.4, 0.5) is 11.5 Å². The maximum Gasteiger partial charge on any atom is 0.143 e. The second-order valence-electron chi connectivity index (χ2n) is 3.16. The highest BCUT2D eigenvalue weighted by molar-refractivity contribution is 5.48. The number of pyridine rings is 1. The lowest BCUT2D eigenvalue weighted by molar-refractivity contribution is 0.945. The van der Waals surface area contributed by atoms with Crippen molar-refractivity contribution in [1.29, 1.82) is 0 Å². The Bertz CT molecular complexity index is 436. The minimum absolute atomic E-state index is 0.566. The highest BCUT2D eigenvalue weighted by Gasteiger charge is 1.99. The fourth-order valence-electron chi connectivity index (χ4n) is 1.16. The number of H-pyrrole nitrogens is 1. The second kappa shape index (κ2) is 3.95. The Morgan fingerprint density at radius 3 is 3.00 bits per heavy atom. The largest absolute Gasteiger partial charge is 0.397 e. The summed E-state index contributed by atoms with van der Waals surface area (Å²) < 4.78 is 0. The third kappa shape index (κ3) is 2.22. The molecule has 78 valence electrons. The number of hydrogen-bond donors (Lipinski definition) is 3. The lowest BCUT2D eigenvalue weighted by atomic mass is 10.3. The number of rotatable bonds is 3. The van der Waals surface area contributed by atoms with Crippen LogP contribution in [-0.2, 0) is 6.54 Å². The summed E-state index contributed by atoms with van der Waals surface area (Å²) in [5.74, 6) is 1.55. The van der Waals surface area contributed by atoms with E-state index in [9.17, 15) is 0 Å². The normalized spacial score (nSPS) is 10.2. The Hall–Kier alpha value is -2.11. The fourth-order valence-corrected chi connectivity index (χ4v) is 1.16. The maximum atomic E-state index is 5.66. The minimum Gasteiger partial charge on any atom is -0.397 e. The first-order chi connectivity index (χ1) is 7.25. The van der Waals surface area contributed by atoms with Crippen molar-refractivity contribution >= 4 is 11.5 Å². The first kappa shape index (κ1) is 9.45. The zero-order valence-electron chi connectivity index (χ0n) is 8.36. The van der Waals surface area contributed by atoms with Gasteiger partial charge in [0.15, 0.2) is 0 Å². The number of nitrogens with zero attached hydrogens (tertiary/aromatic N) is 3. The first-order valence-electron chi connectivity index (χ1n) is 4.57. The summed E-state index contributed by atoms with van der Waals surface area (Å²) in [6.45, 7) is 2.44. The van der Waals surface area contributed by atoms with Crippen LogP contribution in [-0.4, -0.2) is 20.2 Å². The lowest BCUT2D eigenvalue weighted by Crippen LogP contribution is -2.04. The second-order valence-corrected chi connectivity index (χ2v) is 3.16. The van der Waals surface area contributed by atoms with Gasteiger partial charge in [-0.2, -0.15) is 5.10 Å². The highest BCUT2D eigenvalue weighted by Crippen LogP contribution is 2.11. The van der Waals surface area contributed by atoms with Gasteiger partial charge in [0.1, 0.15) is 18.0 Å². The smallest absolute Gasteiger partial charge is 0.143 e. The molecule has 6 nitrogen and oxygen atoms in total. The molecule has 4 N–H and O–H groups in total. The number of nitrogens with two attached hydrogens (primary N) is 1. The van der Waals surface area contributed by atoms with Crippen LogP contribution in [0, 0.1) is 6.92 Å². The molecule has 2 aromatic rings. The van der Waals surface area contributed by atoms with Crippen LogP contribution in [0.5, 0.6) is 0 Å². The lowest BCUT2D eigenvalue weighted by Gasteiger charge is -2.05. The van der Waals surface area contributed by atoms with Crippen LogP contribution >= 0.6 is 0 Å². The Labute approximate surface area is 86.9 Å². The number of aryl methyl sites for hydroxylation is 1. The standard InChI is InChI=1S/C9H12N6/c1-6-7(10)2-3-8(14-6)11-4-9-12-5-13-15-9/h2-3,5H,4,10H2,1H3,(H,11,14)(H,12,13,15). The molecule has 2 heterocycles. The van der Waals surface area contributed by atoms with Crippen molar-refractivity contribution in [3.8, 4) is 0 Å². The van der Waals surface area contributed by atoms with E-state index in [-0.39, 0.29) is 0 Å². The number of aromatic nitrogens is 4. The topological polar surface area (TPSA) is 92.5 Å². The fraction of sp³-hybridized carbons (Fsp3) is 0.222. The van der Waals surface area contributed by atoms with E-state index < -0.39 is 0 Å². The molecule has 0 unspecified atom stereocenters. The van der Waals surface area contributed by atoms with Gasteiger partial charge in [-0.1, -0.05) is 0 Å². The predicted octanol–water partition coefficient (Wildman–Crippen LogP) is 0.702. The van der Waals surface area contributed by atoms with Crippen LogP contribution in [0.2, 0.25) is 0 Å². The van der Waals surface area contributed by atoms with Gasteiger partial charge in [0.2, 0.25) is 0 Å². The average molecular weight is 204 g/mol. The minimum atomic E-state index is 0.566. The molecule has 0 spiro atoms. The molecule has 0 aliphatic carbocycles. The number of hydrogen-bond acceptors (Lipinski definition) is 5. The number of nitrogen functional groups attached to an aromatic ring is 1. The van der Waals surface area contributed by atoms with Crippen LogP contribution in [0.3, 0.4) is 0 Å². The van der Waals surface area contributed by atoms with Crippen molar-refractivity contribution in [3.05, 3.63) is 30.0 Å². The van der Waals surface area contributed by atoms with E-state index in [2.05, 4.69) is 25.5 Å². The molecule has 0 aliphatic heterocycles. The molecular formula is C9H12N6. The third-order valence-electron chi connectivity index (χ3n) is 2.03. The van der Waals surface area contributed by atoms with E-state index >= 15 is 0 Å². The molecule has 0 radical (unpaired) electrons. The summed E-state index contributed by atoms with van der Waals surface area (Å²) in [5.41, 5.74) is 7.17. The Morgan fingerprint density at radius 2 is 2.33 bits per heavy atom. The van der Waals surface area contributed by atoms with Crippen molar-refractivity contribution in [1.82, 2.24) is 20.2 Å². The van der Waals surface area contributed by atoms with Crippen molar-refractivity contribution in [2.45, 2.75) is 13.5 Å². The van der Waals surface area contributed by atoms with Gasteiger partial charge in [0, 0.05) is 0 Å². The molecule has 0 amide bonds. The van der Waals surface area contributed by atoms with Gasteiger partial charge in [0.05, 0.1) is 17.9 Å². The van der Waals surface area contributed by atoms with E-state index in [0.29, 0.717) is 12.2 Å². The van der Waals surface area contributed by atoms with Gasteiger partial charge in [0.25, 0.3) is 0 Å². The van der Waals surface area contributed by atoms with E-state index in [4.69, 9.17) is 5.73 Å². The van der Waals surface area contributed by atoms with Crippen LogP contribution in [0.25, 0.3) is 0 Å². The molecular weight excluding hydrogens is 192 g/mol. The zero-order valence-corrected chi connectivity index (χ0v) is 8.36. The number of anilines is 2. The summed E-state index contributed by atoms with van der Waals surface area (Å²) in [6.07, 6.45) is 1.47. The average Bonchev–Trinajstić information content (AvgIpc) is 2.73. The molecule has 6 heteroatoms. The quantitative estimate of drug-likeness (QED) is 0.684. The Kier molecular flexibility index (Phi) is 2.49. The summed E-state index contributed by atoms with van der Waals surface area (Å²) in [6, 6.07) is 3.66. The molecule has 2 aromatic heterocycles. The summed E-state index contributed by atoms with van der Waals surface area (Å²) in [7, 11) is 0. The van der Waals surface area contributed by atoms with Gasteiger partial charge in [-0.05, 0) is 19.1 Å². The zero-order chi connectivity index (χ0) is 10.7. The van der Waals surface area contributed by atoms with E-state index in [1.807, 2.05) is 19.1 Å². The van der Waals surface area contributed by atoms with Gasteiger partial charge < -0.3 is 11.1 Å². The molecule has 0 aliphatic rings. The Morgan fingerprint density at radius 1 is 1.47 bits per heavy atom. The summed E-state index contributed by atoms with van der Waals surface area (Å²) in [5, 5.41) is 9.62. The molecule has 0 saturated heterocycles. The predicted molar refractivity (Wildman–Crippen MR) is 57.1 cm³/mol. The summed E-state index contributed by atoms with van der Waals surface area (Å²) >= 11 is 0. The van der Waals surface area contributed by atoms with E-state index in [1.54, 1.807) is 0 Å². The van der Waals surface area contributed by atoms with E-state index in [0.717, 1.165) is 17.3 Å². The van der Waals surface area contributed by atoms with Crippen molar-refractivity contribution in [2.75, 3.05) is 11.1 Å². The van der Waals surface area contributed by atoms with Gasteiger partial charge in [-0.25, -0.2) is 9.97 Å². The molecule has 0 bridgehead atoms. The van der Waals surface area contributed by atoms with Crippen LogP contribution in [0.15, 0.2) is 18.5 Å². The van der Waals surface area contributed by atoms with Crippen molar-refractivity contribution < 1.29 is 0 Å². The highest BCUT2D eigenvalue weighted by atomic mass is 15.2. The van der Waals surface area contributed by atoms with Crippen LogP contribution in [0.1, 0.15) is 11.5 Å². The molecule has 0 atom stereocenters. The van der Waals surface area contributed by atoms with Gasteiger partial charge >= 0.3 is 0 Å². The van der Waals surface area contributed by atoms with Crippen molar-refractivity contribution in [3.63, 3.8) is 0 Å². The molecule has 0 aromatic carbocycles. The number of aromatic amines is 1. The molecule has 0 fully saturated rings. The Balaban J connectivity index is 2.02. The first-order valence-corrected chi connectivity index (χ1v) is 4.57. The van der Waals surface area contributed by atoms with E-state index in [1.165, 1.54) is 6.33 Å². The maximum absolute atomic E-state index is 5.66. The van der Waals surface area contributed by atoms with Gasteiger partial charge in [-0.15, -0.1) is 0 Å². The third-order valence-corrected chi connectivity index (χ3v) is 2.03. The molecule has 2 rings (SSSR count).